The summed E-state index contributed by atoms with van der Waals surface area (Å²) in [6, 6.07) is 17.2. The van der Waals surface area contributed by atoms with Gasteiger partial charge in [0.1, 0.15) is 0 Å². The number of amides is 2. The number of nitrogens with zero attached hydrogens (tertiary/aromatic N) is 2. The van der Waals surface area contributed by atoms with Gasteiger partial charge in [0.15, 0.2) is 17.5 Å². The molecular formula is C37H54N8O4. The zero-order chi connectivity index (χ0) is 35.9. The van der Waals surface area contributed by atoms with Crippen molar-refractivity contribution in [2.24, 2.45) is 51.6 Å². The third-order valence-electron chi connectivity index (χ3n) is 9.04. The largest absolute Gasteiger partial charge is 0.387 e. The number of hydrogen-bond acceptors (Lipinski definition) is 7. The fourth-order valence-electron chi connectivity index (χ4n) is 6.28. The van der Waals surface area contributed by atoms with Crippen LogP contribution in [0.1, 0.15) is 63.5 Å². The van der Waals surface area contributed by atoms with Gasteiger partial charge in [0, 0.05) is 37.8 Å². The van der Waals surface area contributed by atoms with E-state index in [9.17, 15) is 19.2 Å². The van der Waals surface area contributed by atoms with Gasteiger partial charge in [-0.1, -0.05) is 74.5 Å². The van der Waals surface area contributed by atoms with Crippen molar-refractivity contribution in [3.63, 3.8) is 0 Å². The van der Waals surface area contributed by atoms with Crippen LogP contribution in [0, 0.1) is 29.1 Å². The summed E-state index contributed by atoms with van der Waals surface area (Å²) in [5.41, 5.74) is 25.1. The first-order valence-electron chi connectivity index (χ1n) is 17.2. The third-order valence-corrected chi connectivity index (χ3v) is 9.04. The molecule has 1 unspecified atom stereocenters. The Morgan fingerprint density at radius 1 is 0.857 bits per heavy atom. The van der Waals surface area contributed by atoms with Gasteiger partial charge in [0.05, 0.1) is 30.4 Å². The van der Waals surface area contributed by atoms with Crippen molar-refractivity contribution in [2.75, 3.05) is 19.6 Å². The molecule has 12 heteroatoms. The minimum Gasteiger partial charge on any atom is -0.387 e. The van der Waals surface area contributed by atoms with Crippen LogP contribution >= 0.6 is 0 Å². The van der Waals surface area contributed by atoms with Crippen molar-refractivity contribution >= 4 is 35.2 Å². The molecule has 0 aliphatic carbocycles. The smallest absolute Gasteiger partial charge is 0.228 e. The Morgan fingerprint density at radius 2 is 1.45 bits per heavy atom. The summed E-state index contributed by atoms with van der Waals surface area (Å²) in [5, 5.41) is 10.8. The molecule has 1 fully saturated rings. The monoisotopic (exact) mass is 674 g/mol. The predicted octanol–water partition coefficient (Wildman–Crippen LogP) is 2.32. The second kappa shape index (κ2) is 19.4. The molecule has 1 saturated heterocycles. The fraction of sp³-hybridized carbons (Fsp3) is 0.514. The molecule has 0 radical (unpaired) electrons. The molecule has 49 heavy (non-hydrogen) atoms. The third kappa shape index (κ3) is 13.1. The minimum atomic E-state index is -0.889. The molecular weight excluding hydrogens is 620 g/mol. The SMILES string of the molecule is CC(C)C[C@@H](NC(=O)[C@H](CC(=O)[C@H](N)Cc1ccccc1)Cc1ccccc1)C(=O)C[C@H](CN=C(N)N)C(=O)N1CCCC(C(=N)N)CC1. The van der Waals surface area contributed by atoms with Crippen molar-refractivity contribution in [1.29, 1.82) is 5.41 Å². The molecule has 2 aromatic carbocycles. The number of ketones is 2. The molecule has 0 aromatic heterocycles. The van der Waals surface area contributed by atoms with Crippen LogP contribution in [-0.2, 0) is 32.0 Å². The number of likely N-dealkylation sites (tertiary alicyclic amines) is 1. The van der Waals surface area contributed by atoms with Crippen LogP contribution in [0.15, 0.2) is 65.7 Å². The maximum absolute atomic E-state index is 14.0. The van der Waals surface area contributed by atoms with Crippen molar-refractivity contribution in [2.45, 2.75) is 77.3 Å². The van der Waals surface area contributed by atoms with Gasteiger partial charge in [-0.25, -0.2) is 0 Å². The molecule has 1 aliphatic rings. The van der Waals surface area contributed by atoms with E-state index in [0.29, 0.717) is 51.6 Å². The molecule has 0 spiro atoms. The normalized spacial score (nSPS) is 17.2. The summed E-state index contributed by atoms with van der Waals surface area (Å²) in [6.07, 6.45) is 2.68. The highest BCUT2D eigenvalue weighted by molar-refractivity contribution is 5.95. The maximum atomic E-state index is 14.0. The van der Waals surface area contributed by atoms with E-state index in [4.69, 9.17) is 28.3 Å². The number of nitrogens with two attached hydrogens (primary N) is 4. The molecule has 1 heterocycles. The first-order valence-corrected chi connectivity index (χ1v) is 17.2. The van der Waals surface area contributed by atoms with E-state index in [2.05, 4.69) is 10.3 Å². The van der Waals surface area contributed by atoms with E-state index in [0.717, 1.165) is 11.1 Å². The molecule has 2 aromatic rings. The first kappa shape index (κ1) is 38.9. The van der Waals surface area contributed by atoms with E-state index in [1.165, 1.54) is 0 Å². The van der Waals surface area contributed by atoms with E-state index in [1.807, 2.05) is 74.5 Å². The summed E-state index contributed by atoms with van der Waals surface area (Å²) in [5.74, 6) is -2.95. The highest BCUT2D eigenvalue weighted by Gasteiger charge is 2.34. The molecule has 5 atom stereocenters. The van der Waals surface area contributed by atoms with Crippen molar-refractivity contribution in [1.82, 2.24) is 10.2 Å². The zero-order valence-electron chi connectivity index (χ0n) is 28.9. The van der Waals surface area contributed by atoms with Crippen LogP contribution < -0.4 is 28.3 Å². The molecule has 0 saturated carbocycles. The summed E-state index contributed by atoms with van der Waals surface area (Å²) >= 11 is 0. The van der Waals surface area contributed by atoms with Gasteiger partial charge in [-0.3, -0.25) is 29.6 Å². The van der Waals surface area contributed by atoms with Crippen LogP contribution in [0.4, 0.5) is 0 Å². The lowest BCUT2D eigenvalue weighted by Crippen LogP contribution is -2.47. The Labute approximate surface area is 290 Å². The quantitative estimate of drug-likeness (QED) is 0.101. The molecule has 3 rings (SSSR count). The average Bonchev–Trinajstić information content (AvgIpc) is 3.33. The molecule has 12 nitrogen and oxygen atoms in total. The van der Waals surface area contributed by atoms with Crippen molar-refractivity contribution in [3.8, 4) is 0 Å². The molecule has 1 aliphatic heterocycles. The van der Waals surface area contributed by atoms with Gasteiger partial charge >= 0.3 is 0 Å². The Kier molecular flexibility index (Phi) is 15.4. The lowest BCUT2D eigenvalue weighted by molar-refractivity contribution is -0.138. The predicted molar refractivity (Wildman–Crippen MR) is 192 cm³/mol. The standard InChI is InChI=1S/C37H54N8O4/c1-24(2)18-31(33(47)22-29(23-43-37(41)42)36(49)45-16-9-14-27(15-17-45)34(39)40)44-35(48)28(19-25-10-5-3-6-11-25)21-32(46)30(38)20-26-12-7-4-8-13-26/h3-8,10-13,24,27-31H,9,14-23,38H2,1-2H3,(H3,39,40)(H,44,48)(H4,41,42,43)/t27?,28-,29+,30+,31+/m0/s1. The van der Waals surface area contributed by atoms with Gasteiger partial charge in [0.25, 0.3) is 0 Å². The number of carbonyl (C=O) groups is 4. The molecule has 0 bridgehead atoms. The second-order valence-corrected chi connectivity index (χ2v) is 13.6. The molecule has 266 valence electrons. The average molecular weight is 675 g/mol. The Hall–Kier alpha value is -4.58. The lowest BCUT2D eigenvalue weighted by atomic mass is 9.88. The van der Waals surface area contributed by atoms with Crippen molar-refractivity contribution in [3.05, 3.63) is 71.8 Å². The maximum Gasteiger partial charge on any atom is 0.228 e. The number of amidine groups is 1. The highest BCUT2D eigenvalue weighted by atomic mass is 16.2. The zero-order valence-corrected chi connectivity index (χ0v) is 28.9. The van der Waals surface area contributed by atoms with E-state index < -0.39 is 29.8 Å². The number of nitrogens with one attached hydrogen (secondary N) is 2. The van der Waals surface area contributed by atoms with Crippen LogP contribution in [-0.4, -0.2) is 71.8 Å². The van der Waals surface area contributed by atoms with Crippen LogP contribution in [0.25, 0.3) is 0 Å². The van der Waals surface area contributed by atoms with Gasteiger partial charge in [-0.05, 0) is 55.6 Å². The van der Waals surface area contributed by atoms with Crippen LogP contribution in [0.5, 0.6) is 0 Å². The molecule has 10 N–H and O–H groups in total. The lowest BCUT2D eigenvalue weighted by Gasteiger charge is -2.28. The number of guanidine groups is 1. The van der Waals surface area contributed by atoms with Crippen LogP contribution in [0.2, 0.25) is 0 Å². The highest BCUT2D eigenvalue weighted by Crippen LogP contribution is 2.22. The summed E-state index contributed by atoms with van der Waals surface area (Å²) < 4.78 is 0. The van der Waals surface area contributed by atoms with Gasteiger partial charge < -0.3 is 33.2 Å². The Morgan fingerprint density at radius 3 is 2.02 bits per heavy atom. The van der Waals surface area contributed by atoms with Gasteiger partial charge in [-0.15, -0.1) is 0 Å². The summed E-state index contributed by atoms with van der Waals surface area (Å²) in [4.78, 5) is 60.8. The number of rotatable bonds is 18. The Bertz CT molecular complexity index is 1430. The second-order valence-electron chi connectivity index (χ2n) is 13.6. The number of carbonyl (C=O) groups excluding carboxylic acids is 4. The number of benzene rings is 2. The van der Waals surface area contributed by atoms with E-state index >= 15 is 0 Å². The van der Waals surface area contributed by atoms with Gasteiger partial charge in [0.2, 0.25) is 11.8 Å². The van der Waals surface area contributed by atoms with E-state index in [1.54, 1.807) is 4.90 Å². The minimum absolute atomic E-state index is 0.0451. The Balaban J connectivity index is 1.79. The summed E-state index contributed by atoms with van der Waals surface area (Å²) in [7, 11) is 0. The van der Waals surface area contributed by atoms with Crippen molar-refractivity contribution < 1.29 is 19.2 Å². The fourth-order valence-corrected chi connectivity index (χ4v) is 6.28. The summed E-state index contributed by atoms with van der Waals surface area (Å²) in [6.45, 7) is 4.70. The van der Waals surface area contributed by atoms with Crippen LogP contribution in [0.3, 0.4) is 0 Å². The molecule has 2 amide bonds. The van der Waals surface area contributed by atoms with Gasteiger partial charge in [-0.2, -0.15) is 0 Å². The number of aliphatic imine (C=N–C) groups is 1. The first-order chi connectivity index (χ1) is 23.3. The van der Waals surface area contributed by atoms with E-state index in [-0.39, 0.29) is 60.5 Å². The number of Topliss-reactive ketones (excluding diaryl/α,β-unsaturated/α-hetero) is 2. The number of hydrogen-bond donors (Lipinski definition) is 6. The topological polar surface area (TPSA) is 224 Å².